The van der Waals surface area contributed by atoms with Crippen molar-refractivity contribution in [3.8, 4) is 11.5 Å². The maximum Gasteiger partial charge on any atom is 0.331 e. The van der Waals surface area contributed by atoms with E-state index >= 15 is 0 Å². The Morgan fingerprint density at radius 2 is 1.52 bits per heavy atom. The van der Waals surface area contributed by atoms with Gasteiger partial charge in [0.25, 0.3) is 5.69 Å². The largest absolute Gasteiger partial charge is 0.457 e. The second kappa shape index (κ2) is 7.17. The Bertz CT molecular complexity index is 736. The molecule has 2 aromatic rings. The summed E-state index contributed by atoms with van der Waals surface area (Å²) in [5.74, 6) is 0.582. The van der Waals surface area contributed by atoms with Gasteiger partial charge in [0, 0.05) is 19.1 Å². The molecule has 0 amide bonds. The quantitative estimate of drug-likeness (QED) is 0.363. The van der Waals surface area contributed by atoms with Crippen molar-refractivity contribution in [3.05, 3.63) is 64.2 Å². The molecule has 0 spiro atoms. The molecule has 0 aliphatic carbocycles. The highest BCUT2D eigenvalue weighted by molar-refractivity contribution is 5.98. The standard InChI is InChI=1S/C16H14N2O5/c1-11(17-23-12(2)19)13-3-7-15(8-4-13)22-16-9-5-14(6-10-16)18(20)21/h3-10H,1-2H3/b17-11+. The van der Waals surface area contributed by atoms with Gasteiger partial charge in [-0.25, -0.2) is 4.79 Å². The third kappa shape index (κ3) is 4.63. The zero-order valence-corrected chi connectivity index (χ0v) is 12.6. The van der Waals surface area contributed by atoms with Gasteiger partial charge in [0.05, 0.1) is 10.6 Å². The number of nitro benzene ring substituents is 1. The number of ether oxygens (including phenoxy) is 1. The fraction of sp³-hybridized carbons (Fsp3) is 0.125. The number of non-ortho nitro benzene ring substituents is 1. The predicted octanol–water partition coefficient (Wildman–Crippen LogP) is 3.67. The molecule has 7 heteroatoms. The Labute approximate surface area is 132 Å². The second-order valence-corrected chi connectivity index (χ2v) is 4.64. The third-order valence-corrected chi connectivity index (χ3v) is 2.87. The number of oxime groups is 1. The monoisotopic (exact) mass is 314 g/mol. The molecule has 2 rings (SSSR count). The number of nitro groups is 1. The second-order valence-electron chi connectivity index (χ2n) is 4.64. The average molecular weight is 314 g/mol. The third-order valence-electron chi connectivity index (χ3n) is 2.87. The first-order chi connectivity index (χ1) is 11.0. The lowest BCUT2D eigenvalue weighted by Crippen LogP contribution is -1.99. The van der Waals surface area contributed by atoms with Crippen LogP contribution >= 0.6 is 0 Å². The van der Waals surface area contributed by atoms with Crippen LogP contribution in [0.15, 0.2) is 53.7 Å². The molecule has 0 aliphatic rings. The van der Waals surface area contributed by atoms with Gasteiger partial charge < -0.3 is 9.57 Å². The molecule has 23 heavy (non-hydrogen) atoms. The van der Waals surface area contributed by atoms with E-state index < -0.39 is 10.9 Å². The van der Waals surface area contributed by atoms with Gasteiger partial charge in [-0.2, -0.15) is 0 Å². The molecule has 0 N–H and O–H groups in total. The van der Waals surface area contributed by atoms with Gasteiger partial charge in [0.15, 0.2) is 0 Å². The van der Waals surface area contributed by atoms with Crippen molar-refractivity contribution in [2.45, 2.75) is 13.8 Å². The van der Waals surface area contributed by atoms with E-state index in [2.05, 4.69) is 9.99 Å². The minimum absolute atomic E-state index is 0.00463. The topological polar surface area (TPSA) is 91.0 Å². The van der Waals surface area contributed by atoms with E-state index in [1.54, 1.807) is 31.2 Å². The highest BCUT2D eigenvalue weighted by Crippen LogP contribution is 2.24. The molecule has 7 nitrogen and oxygen atoms in total. The van der Waals surface area contributed by atoms with Gasteiger partial charge in [0.2, 0.25) is 0 Å². The summed E-state index contributed by atoms with van der Waals surface area (Å²) in [7, 11) is 0. The summed E-state index contributed by atoms with van der Waals surface area (Å²) in [6.07, 6.45) is 0. The molecule has 0 radical (unpaired) electrons. The van der Waals surface area contributed by atoms with E-state index in [4.69, 9.17) is 4.74 Å². The normalized spacial score (nSPS) is 11.0. The Morgan fingerprint density at radius 3 is 2.00 bits per heavy atom. The van der Waals surface area contributed by atoms with Crippen LogP contribution in [0.2, 0.25) is 0 Å². The van der Waals surface area contributed by atoms with Gasteiger partial charge in [-0.05, 0) is 48.9 Å². The summed E-state index contributed by atoms with van der Waals surface area (Å²) in [4.78, 5) is 25.4. The molecular weight excluding hydrogens is 300 g/mol. The summed E-state index contributed by atoms with van der Waals surface area (Å²) in [6, 6.07) is 12.8. The Morgan fingerprint density at radius 1 is 1.00 bits per heavy atom. The molecule has 2 aromatic carbocycles. The van der Waals surface area contributed by atoms with Gasteiger partial charge in [-0.1, -0.05) is 5.16 Å². The summed E-state index contributed by atoms with van der Waals surface area (Å²) in [5, 5.41) is 14.3. The molecule has 118 valence electrons. The predicted molar refractivity (Wildman–Crippen MR) is 83.6 cm³/mol. The molecule has 0 aromatic heterocycles. The van der Waals surface area contributed by atoms with Crippen molar-refractivity contribution >= 4 is 17.4 Å². The van der Waals surface area contributed by atoms with Crippen LogP contribution < -0.4 is 4.74 Å². The molecule has 0 unspecified atom stereocenters. The van der Waals surface area contributed by atoms with Crippen LogP contribution in [-0.4, -0.2) is 16.6 Å². The minimum Gasteiger partial charge on any atom is -0.457 e. The minimum atomic E-state index is -0.484. The molecule has 0 atom stereocenters. The molecule has 0 fully saturated rings. The van der Waals surface area contributed by atoms with Crippen molar-refractivity contribution in [1.82, 2.24) is 0 Å². The zero-order chi connectivity index (χ0) is 16.8. The van der Waals surface area contributed by atoms with Crippen molar-refractivity contribution < 1.29 is 19.3 Å². The van der Waals surface area contributed by atoms with Crippen molar-refractivity contribution in [1.29, 1.82) is 0 Å². The maximum absolute atomic E-state index is 10.7. The Hall–Kier alpha value is -3.22. The number of carbonyl (C=O) groups excluding carboxylic acids is 1. The van der Waals surface area contributed by atoms with Crippen LogP contribution in [0.3, 0.4) is 0 Å². The number of nitrogens with zero attached hydrogens (tertiary/aromatic N) is 2. The highest BCUT2D eigenvalue weighted by Gasteiger charge is 2.05. The number of hydrogen-bond donors (Lipinski definition) is 0. The van der Waals surface area contributed by atoms with Gasteiger partial charge in [-0.3, -0.25) is 10.1 Å². The van der Waals surface area contributed by atoms with E-state index in [0.29, 0.717) is 17.2 Å². The molecule has 0 bridgehead atoms. The average Bonchev–Trinajstić information content (AvgIpc) is 2.54. The summed E-state index contributed by atoms with van der Waals surface area (Å²) < 4.78 is 5.60. The van der Waals surface area contributed by atoms with Crippen LogP contribution in [0.1, 0.15) is 19.4 Å². The first kappa shape index (κ1) is 16.2. The van der Waals surface area contributed by atoms with E-state index in [9.17, 15) is 14.9 Å². The number of carbonyl (C=O) groups is 1. The molecule has 0 saturated carbocycles. The van der Waals surface area contributed by atoms with Crippen molar-refractivity contribution in [2.75, 3.05) is 0 Å². The summed E-state index contributed by atoms with van der Waals surface area (Å²) in [5.41, 5.74) is 1.34. The maximum atomic E-state index is 10.7. The Balaban J connectivity index is 2.06. The van der Waals surface area contributed by atoms with Gasteiger partial charge in [-0.15, -0.1) is 0 Å². The van der Waals surface area contributed by atoms with E-state index in [-0.39, 0.29) is 5.69 Å². The van der Waals surface area contributed by atoms with E-state index in [1.807, 2.05) is 0 Å². The molecule has 0 heterocycles. The first-order valence-corrected chi connectivity index (χ1v) is 6.70. The van der Waals surface area contributed by atoms with Crippen molar-refractivity contribution in [3.63, 3.8) is 0 Å². The Kier molecular flexibility index (Phi) is 5.03. The summed E-state index contributed by atoms with van der Waals surface area (Å²) >= 11 is 0. The lowest BCUT2D eigenvalue weighted by molar-refractivity contribution is -0.384. The number of rotatable bonds is 5. The van der Waals surface area contributed by atoms with Gasteiger partial charge >= 0.3 is 5.97 Å². The number of hydrogen-bond acceptors (Lipinski definition) is 6. The van der Waals surface area contributed by atoms with E-state index in [1.165, 1.54) is 31.2 Å². The highest BCUT2D eigenvalue weighted by atomic mass is 16.7. The zero-order valence-electron chi connectivity index (χ0n) is 12.6. The van der Waals surface area contributed by atoms with Crippen LogP contribution in [0.5, 0.6) is 11.5 Å². The molecule has 0 aliphatic heterocycles. The fourth-order valence-corrected chi connectivity index (χ4v) is 1.72. The fourth-order valence-electron chi connectivity index (χ4n) is 1.72. The first-order valence-electron chi connectivity index (χ1n) is 6.70. The van der Waals surface area contributed by atoms with Crippen LogP contribution in [-0.2, 0) is 9.63 Å². The van der Waals surface area contributed by atoms with Crippen LogP contribution in [0.4, 0.5) is 5.69 Å². The van der Waals surface area contributed by atoms with Gasteiger partial charge in [0.1, 0.15) is 11.5 Å². The van der Waals surface area contributed by atoms with Crippen LogP contribution in [0, 0.1) is 10.1 Å². The number of benzene rings is 2. The van der Waals surface area contributed by atoms with Crippen LogP contribution in [0.25, 0.3) is 0 Å². The van der Waals surface area contributed by atoms with E-state index in [0.717, 1.165) is 5.56 Å². The molecular formula is C16H14N2O5. The SMILES string of the molecule is CC(=O)O/N=C(\C)c1ccc(Oc2ccc([N+](=O)[O-])cc2)cc1. The lowest BCUT2D eigenvalue weighted by Gasteiger charge is -2.06. The smallest absolute Gasteiger partial charge is 0.331 e. The van der Waals surface area contributed by atoms with Crippen molar-refractivity contribution in [2.24, 2.45) is 5.16 Å². The lowest BCUT2D eigenvalue weighted by atomic mass is 10.1. The molecule has 0 saturated heterocycles. The summed E-state index contributed by atoms with van der Waals surface area (Å²) in [6.45, 7) is 2.99.